The number of fused-ring (bicyclic) bond motifs is 1. The number of thiophene rings is 1. The van der Waals surface area contributed by atoms with Crippen LogP contribution in [0.25, 0.3) is 10.1 Å². The van der Waals surface area contributed by atoms with Crippen LogP contribution in [0.1, 0.15) is 16.1 Å². The van der Waals surface area contributed by atoms with E-state index in [-0.39, 0.29) is 24.6 Å². The maximum atomic E-state index is 12.1. The van der Waals surface area contributed by atoms with Gasteiger partial charge in [0.2, 0.25) is 10.0 Å². The van der Waals surface area contributed by atoms with Crippen molar-refractivity contribution in [2.45, 2.75) is 6.42 Å². The van der Waals surface area contributed by atoms with Crippen LogP contribution < -0.4 is 16.2 Å². The van der Waals surface area contributed by atoms with E-state index in [9.17, 15) is 13.2 Å². The quantitative estimate of drug-likeness (QED) is 0.671. The van der Waals surface area contributed by atoms with Gasteiger partial charge in [0, 0.05) is 21.1 Å². The number of hydrogen-bond acceptors (Lipinski definition) is 5. The Labute approximate surface area is 134 Å². The Balaban J connectivity index is 2.10. The molecule has 2 aromatic rings. The number of primary sulfonamides is 1. The molecule has 5 N–H and O–H groups in total. The highest BCUT2D eigenvalue weighted by atomic mass is 79.9. The molecule has 0 aliphatic heterocycles. The minimum Gasteiger partial charge on any atom is -0.397 e. The number of carbonyl (C=O) groups excluding carboxylic acids is 1. The van der Waals surface area contributed by atoms with Gasteiger partial charge in [-0.1, -0.05) is 22.0 Å². The summed E-state index contributed by atoms with van der Waals surface area (Å²) in [5, 5.41) is 8.36. The molecule has 1 amide bonds. The molecule has 0 saturated carbocycles. The van der Waals surface area contributed by atoms with Crippen molar-refractivity contribution >= 4 is 59.0 Å². The third-order valence-corrected chi connectivity index (χ3v) is 5.49. The first kappa shape index (κ1) is 16.2. The minimum absolute atomic E-state index is 0.166. The Morgan fingerprint density at radius 1 is 1.38 bits per heavy atom. The highest BCUT2D eigenvalue weighted by Crippen LogP contribution is 2.37. The average Bonchev–Trinajstić information content (AvgIpc) is 2.72. The zero-order chi connectivity index (χ0) is 15.6. The van der Waals surface area contributed by atoms with Crippen LogP contribution in [-0.2, 0) is 10.0 Å². The molecule has 6 nitrogen and oxygen atoms in total. The van der Waals surface area contributed by atoms with Gasteiger partial charge >= 0.3 is 0 Å². The molecule has 0 bridgehead atoms. The fraction of sp³-hybridized carbons (Fsp3) is 0.250. The maximum absolute atomic E-state index is 12.1. The van der Waals surface area contributed by atoms with Crippen molar-refractivity contribution in [3.8, 4) is 0 Å². The Morgan fingerprint density at radius 3 is 2.71 bits per heavy atom. The lowest BCUT2D eigenvalue weighted by Gasteiger charge is -2.03. The van der Waals surface area contributed by atoms with Gasteiger partial charge in [0.05, 0.1) is 11.4 Å². The highest BCUT2D eigenvalue weighted by molar-refractivity contribution is 9.10. The molecule has 0 aliphatic rings. The fourth-order valence-corrected chi connectivity index (χ4v) is 4.18. The van der Waals surface area contributed by atoms with Crippen molar-refractivity contribution in [2.75, 3.05) is 18.0 Å². The highest BCUT2D eigenvalue weighted by Gasteiger charge is 2.17. The monoisotopic (exact) mass is 391 g/mol. The lowest BCUT2D eigenvalue weighted by molar-refractivity contribution is 0.0958. The molecule has 0 aliphatic carbocycles. The van der Waals surface area contributed by atoms with Gasteiger partial charge in [-0.15, -0.1) is 11.3 Å². The summed E-state index contributed by atoms with van der Waals surface area (Å²) in [5.74, 6) is -0.476. The lowest BCUT2D eigenvalue weighted by Crippen LogP contribution is -2.27. The second-order valence-electron chi connectivity index (χ2n) is 4.43. The van der Waals surface area contributed by atoms with Crippen molar-refractivity contribution in [3.63, 3.8) is 0 Å². The van der Waals surface area contributed by atoms with Gasteiger partial charge in [0.15, 0.2) is 0 Å². The molecule has 9 heteroatoms. The van der Waals surface area contributed by atoms with E-state index < -0.39 is 10.0 Å². The normalized spacial score (nSPS) is 11.7. The van der Waals surface area contributed by atoms with Crippen molar-refractivity contribution in [1.82, 2.24) is 5.32 Å². The third-order valence-electron chi connectivity index (χ3n) is 2.80. The van der Waals surface area contributed by atoms with E-state index in [1.54, 1.807) is 0 Å². The number of sulfonamides is 1. The smallest absolute Gasteiger partial charge is 0.263 e. The second-order valence-corrected chi connectivity index (χ2v) is 8.07. The first-order chi connectivity index (χ1) is 9.79. The predicted octanol–water partition coefficient (Wildman–Crippen LogP) is 1.65. The van der Waals surface area contributed by atoms with E-state index in [1.807, 2.05) is 18.2 Å². The number of amides is 1. The molecule has 0 fully saturated rings. The number of benzene rings is 1. The minimum atomic E-state index is -3.50. The Hall–Kier alpha value is -1.16. The first-order valence-electron chi connectivity index (χ1n) is 6.05. The van der Waals surface area contributed by atoms with Crippen LogP contribution in [0.3, 0.4) is 0 Å². The molecule has 0 atom stereocenters. The fourth-order valence-electron chi connectivity index (χ4n) is 1.85. The zero-order valence-electron chi connectivity index (χ0n) is 10.9. The van der Waals surface area contributed by atoms with Crippen LogP contribution in [0.4, 0.5) is 5.69 Å². The summed E-state index contributed by atoms with van der Waals surface area (Å²) < 4.78 is 23.3. The van der Waals surface area contributed by atoms with Crippen molar-refractivity contribution in [3.05, 3.63) is 27.5 Å². The predicted molar refractivity (Wildman–Crippen MR) is 88.9 cm³/mol. The summed E-state index contributed by atoms with van der Waals surface area (Å²) in [4.78, 5) is 12.5. The summed E-state index contributed by atoms with van der Waals surface area (Å²) in [6.07, 6.45) is 0.263. The molecule has 1 aromatic carbocycles. The third kappa shape index (κ3) is 3.94. The van der Waals surface area contributed by atoms with Gasteiger partial charge in [0.1, 0.15) is 4.88 Å². The molecule has 2 rings (SSSR count). The van der Waals surface area contributed by atoms with E-state index in [2.05, 4.69) is 21.2 Å². The number of nitrogens with two attached hydrogens (primary N) is 2. The molecule has 0 spiro atoms. The van der Waals surface area contributed by atoms with Crippen molar-refractivity contribution < 1.29 is 13.2 Å². The number of halogens is 1. The number of anilines is 1. The Morgan fingerprint density at radius 2 is 2.10 bits per heavy atom. The number of hydrogen-bond donors (Lipinski definition) is 3. The van der Waals surface area contributed by atoms with E-state index >= 15 is 0 Å². The molecular formula is C12H14BrN3O3S2. The zero-order valence-corrected chi connectivity index (χ0v) is 14.1. The number of nitrogens with one attached hydrogen (secondary N) is 1. The SMILES string of the molecule is Nc1c(C(=O)NCCCS(N)(=O)=O)sc2cccc(Br)c12. The topological polar surface area (TPSA) is 115 Å². The van der Waals surface area contributed by atoms with Gasteiger partial charge in [-0.25, -0.2) is 13.6 Å². The first-order valence-corrected chi connectivity index (χ1v) is 9.37. The largest absolute Gasteiger partial charge is 0.397 e. The van der Waals surface area contributed by atoms with Crippen LogP contribution in [0.5, 0.6) is 0 Å². The van der Waals surface area contributed by atoms with E-state index in [1.165, 1.54) is 11.3 Å². The van der Waals surface area contributed by atoms with Crippen molar-refractivity contribution in [2.24, 2.45) is 5.14 Å². The molecule has 1 heterocycles. The summed E-state index contributed by atoms with van der Waals surface area (Å²) in [6.45, 7) is 0.226. The number of carbonyl (C=O) groups is 1. The summed E-state index contributed by atoms with van der Waals surface area (Å²) in [6, 6.07) is 5.62. The van der Waals surface area contributed by atoms with E-state index in [4.69, 9.17) is 10.9 Å². The van der Waals surface area contributed by atoms with Crippen LogP contribution in [0.15, 0.2) is 22.7 Å². The number of rotatable bonds is 5. The van der Waals surface area contributed by atoms with Gasteiger partial charge in [0.25, 0.3) is 5.91 Å². The maximum Gasteiger partial charge on any atom is 0.263 e. The van der Waals surface area contributed by atoms with Crippen LogP contribution in [0, 0.1) is 0 Å². The van der Waals surface area contributed by atoms with Gasteiger partial charge in [-0.05, 0) is 18.6 Å². The van der Waals surface area contributed by atoms with Crippen LogP contribution in [0.2, 0.25) is 0 Å². The molecule has 0 unspecified atom stereocenters. The second kappa shape index (κ2) is 6.30. The molecule has 1 aromatic heterocycles. The van der Waals surface area contributed by atoms with E-state index in [0.717, 1.165) is 14.6 Å². The van der Waals surface area contributed by atoms with Gasteiger partial charge < -0.3 is 11.1 Å². The van der Waals surface area contributed by atoms with Crippen molar-refractivity contribution in [1.29, 1.82) is 0 Å². The molecule has 114 valence electrons. The van der Waals surface area contributed by atoms with Gasteiger partial charge in [-0.2, -0.15) is 0 Å². The Bertz CT molecular complexity index is 786. The summed E-state index contributed by atoms with van der Waals surface area (Å²) in [7, 11) is -3.50. The molecule has 0 saturated heterocycles. The van der Waals surface area contributed by atoms with Crippen LogP contribution in [-0.4, -0.2) is 26.6 Å². The molecular weight excluding hydrogens is 378 g/mol. The summed E-state index contributed by atoms with van der Waals surface area (Å²) >= 11 is 4.71. The standard InChI is InChI=1S/C12H14BrN3O3S2/c13-7-3-1-4-8-9(7)10(14)11(20-8)12(17)16-5-2-6-21(15,18)19/h1,3-4H,2,5-6,14H2,(H,16,17)(H2,15,18,19). The Kier molecular flexibility index (Phi) is 4.87. The van der Waals surface area contributed by atoms with E-state index in [0.29, 0.717) is 10.6 Å². The van der Waals surface area contributed by atoms with Crippen LogP contribution >= 0.6 is 27.3 Å². The molecule has 0 radical (unpaired) electrons. The lowest BCUT2D eigenvalue weighted by atomic mass is 10.2. The molecule has 21 heavy (non-hydrogen) atoms. The number of nitrogen functional groups attached to an aromatic ring is 1. The van der Waals surface area contributed by atoms with Gasteiger partial charge in [-0.3, -0.25) is 4.79 Å². The average molecular weight is 392 g/mol. The summed E-state index contributed by atoms with van der Waals surface area (Å²) in [5.41, 5.74) is 6.44.